The number of carbonyl (C=O) groups is 1. The van der Waals surface area contributed by atoms with Crippen molar-refractivity contribution in [2.24, 2.45) is 0 Å². The lowest BCUT2D eigenvalue weighted by Gasteiger charge is -2.18. The molecule has 0 spiro atoms. The van der Waals surface area contributed by atoms with Gasteiger partial charge in [0.1, 0.15) is 5.82 Å². The van der Waals surface area contributed by atoms with Gasteiger partial charge in [-0.2, -0.15) is 0 Å². The first-order valence-electron chi connectivity index (χ1n) is 5.13. The molecular formula is C12H12BrFO2. The van der Waals surface area contributed by atoms with Crippen molar-refractivity contribution in [1.29, 1.82) is 0 Å². The van der Waals surface area contributed by atoms with Gasteiger partial charge in [-0.1, -0.05) is 15.9 Å². The Morgan fingerprint density at radius 1 is 1.56 bits per heavy atom. The Hall–Kier alpha value is -0.900. The molecule has 0 saturated heterocycles. The molecule has 0 unspecified atom stereocenters. The second-order valence-corrected chi connectivity index (χ2v) is 5.23. The number of hydrogen-bond donors (Lipinski definition) is 1. The molecule has 0 atom stereocenters. The molecule has 2 nitrogen and oxygen atoms in total. The molecule has 0 heterocycles. The third-order valence-electron chi connectivity index (χ3n) is 3.22. The summed E-state index contributed by atoms with van der Waals surface area (Å²) in [6.07, 6.45) is 1.53. The summed E-state index contributed by atoms with van der Waals surface area (Å²) in [6, 6.07) is 3.05. The SMILES string of the molecule is Cc1c(Br)ccc(F)c1C1(CC(=O)O)CC1. The second-order valence-electron chi connectivity index (χ2n) is 4.38. The summed E-state index contributed by atoms with van der Waals surface area (Å²) < 4.78 is 14.6. The Bertz CT molecular complexity index is 453. The van der Waals surface area contributed by atoms with Crippen LogP contribution >= 0.6 is 15.9 Å². The topological polar surface area (TPSA) is 37.3 Å². The number of carboxylic acids is 1. The van der Waals surface area contributed by atoms with Crippen molar-refractivity contribution in [2.75, 3.05) is 0 Å². The lowest BCUT2D eigenvalue weighted by atomic mass is 9.88. The fourth-order valence-corrected chi connectivity index (χ4v) is 2.59. The van der Waals surface area contributed by atoms with Crippen LogP contribution in [-0.2, 0) is 10.2 Å². The van der Waals surface area contributed by atoms with Gasteiger partial charge in [0.05, 0.1) is 6.42 Å². The molecular weight excluding hydrogens is 275 g/mol. The minimum absolute atomic E-state index is 0.0151. The van der Waals surface area contributed by atoms with Gasteiger partial charge in [-0.05, 0) is 43.0 Å². The molecule has 1 saturated carbocycles. The first kappa shape index (κ1) is 11.6. The molecule has 0 radical (unpaired) electrons. The van der Waals surface area contributed by atoms with E-state index < -0.39 is 11.4 Å². The maximum absolute atomic E-state index is 13.8. The van der Waals surface area contributed by atoms with Gasteiger partial charge in [-0.15, -0.1) is 0 Å². The van der Waals surface area contributed by atoms with Crippen molar-refractivity contribution in [3.63, 3.8) is 0 Å². The number of halogens is 2. The summed E-state index contributed by atoms with van der Waals surface area (Å²) >= 11 is 3.35. The zero-order chi connectivity index (χ0) is 11.9. The number of hydrogen-bond acceptors (Lipinski definition) is 1. The molecule has 1 aromatic rings. The molecule has 0 amide bonds. The third-order valence-corrected chi connectivity index (χ3v) is 4.08. The molecule has 1 aliphatic carbocycles. The van der Waals surface area contributed by atoms with E-state index in [0.717, 1.165) is 22.9 Å². The van der Waals surface area contributed by atoms with Crippen molar-refractivity contribution in [2.45, 2.75) is 31.6 Å². The van der Waals surface area contributed by atoms with Crippen LogP contribution in [0, 0.1) is 12.7 Å². The standard InChI is InChI=1S/C12H12BrFO2/c1-7-8(13)2-3-9(14)11(7)12(4-5-12)6-10(15)16/h2-3H,4-6H2,1H3,(H,15,16). The van der Waals surface area contributed by atoms with Gasteiger partial charge in [0.15, 0.2) is 0 Å². The second kappa shape index (κ2) is 3.84. The summed E-state index contributed by atoms with van der Waals surface area (Å²) in [6.45, 7) is 1.82. The Morgan fingerprint density at radius 2 is 2.19 bits per heavy atom. The quantitative estimate of drug-likeness (QED) is 0.925. The van der Waals surface area contributed by atoms with E-state index in [-0.39, 0.29) is 12.2 Å². The van der Waals surface area contributed by atoms with Crippen molar-refractivity contribution in [3.05, 3.63) is 33.5 Å². The Balaban J connectivity index is 2.48. The van der Waals surface area contributed by atoms with E-state index in [1.165, 1.54) is 6.07 Å². The number of aliphatic carboxylic acids is 1. The van der Waals surface area contributed by atoms with E-state index in [0.29, 0.717) is 5.56 Å². The predicted molar refractivity (Wildman–Crippen MR) is 62.0 cm³/mol. The third kappa shape index (κ3) is 1.86. The summed E-state index contributed by atoms with van der Waals surface area (Å²) in [5.41, 5.74) is 0.923. The van der Waals surface area contributed by atoms with E-state index in [1.54, 1.807) is 6.07 Å². The van der Waals surface area contributed by atoms with E-state index >= 15 is 0 Å². The van der Waals surface area contributed by atoms with Crippen LogP contribution in [0.4, 0.5) is 4.39 Å². The largest absolute Gasteiger partial charge is 0.481 e. The van der Waals surface area contributed by atoms with Gasteiger partial charge >= 0.3 is 5.97 Å². The van der Waals surface area contributed by atoms with Crippen molar-refractivity contribution >= 4 is 21.9 Å². The van der Waals surface area contributed by atoms with Crippen LogP contribution in [0.5, 0.6) is 0 Å². The maximum atomic E-state index is 13.8. The zero-order valence-electron chi connectivity index (χ0n) is 8.89. The molecule has 1 aromatic carbocycles. The molecule has 2 rings (SSSR count). The minimum atomic E-state index is -0.865. The molecule has 86 valence electrons. The van der Waals surface area contributed by atoms with Crippen LogP contribution < -0.4 is 0 Å². The van der Waals surface area contributed by atoms with Crippen molar-refractivity contribution < 1.29 is 14.3 Å². The highest BCUT2D eigenvalue weighted by atomic mass is 79.9. The molecule has 0 aromatic heterocycles. The molecule has 4 heteroatoms. The Kier molecular flexibility index (Phi) is 2.78. The first-order valence-corrected chi connectivity index (χ1v) is 5.92. The lowest BCUT2D eigenvalue weighted by Crippen LogP contribution is -2.16. The van der Waals surface area contributed by atoms with E-state index in [2.05, 4.69) is 15.9 Å². The molecule has 1 aliphatic rings. The minimum Gasteiger partial charge on any atom is -0.481 e. The molecule has 1 N–H and O–H groups in total. The van der Waals surface area contributed by atoms with Gasteiger partial charge in [-0.25, -0.2) is 4.39 Å². The highest BCUT2D eigenvalue weighted by molar-refractivity contribution is 9.10. The summed E-state index contributed by atoms with van der Waals surface area (Å²) in [4.78, 5) is 10.8. The first-order chi connectivity index (χ1) is 7.46. The zero-order valence-corrected chi connectivity index (χ0v) is 10.5. The number of benzene rings is 1. The number of rotatable bonds is 3. The molecule has 1 fully saturated rings. The molecule has 0 aliphatic heterocycles. The summed E-state index contributed by atoms with van der Waals surface area (Å²) in [7, 11) is 0. The van der Waals surface area contributed by atoms with E-state index in [9.17, 15) is 9.18 Å². The van der Waals surface area contributed by atoms with Gasteiger partial charge in [0.25, 0.3) is 0 Å². The van der Waals surface area contributed by atoms with Crippen LogP contribution in [0.2, 0.25) is 0 Å². The van der Waals surface area contributed by atoms with Gasteiger partial charge in [0, 0.05) is 9.89 Å². The average molecular weight is 287 g/mol. The van der Waals surface area contributed by atoms with Crippen molar-refractivity contribution in [3.8, 4) is 0 Å². The van der Waals surface area contributed by atoms with Crippen LogP contribution in [0.1, 0.15) is 30.4 Å². The van der Waals surface area contributed by atoms with Crippen molar-refractivity contribution in [1.82, 2.24) is 0 Å². The van der Waals surface area contributed by atoms with Gasteiger partial charge < -0.3 is 5.11 Å². The lowest BCUT2D eigenvalue weighted by molar-refractivity contribution is -0.137. The average Bonchev–Trinajstić information content (AvgIpc) is 2.92. The fraction of sp³-hybridized carbons (Fsp3) is 0.417. The highest BCUT2D eigenvalue weighted by Gasteiger charge is 2.48. The van der Waals surface area contributed by atoms with Crippen LogP contribution in [-0.4, -0.2) is 11.1 Å². The Morgan fingerprint density at radius 3 is 2.69 bits per heavy atom. The van der Waals surface area contributed by atoms with E-state index in [4.69, 9.17) is 5.11 Å². The summed E-state index contributed by atoms with van der Waals surface area (Å²) in [5, 5.41) is 8.87. The summed E-state index contributed by atoms with van der Waals surface area (Å²) in [5.74, 6) is -1.16. The maximum Gasteiger partial charge on any atom is 0.304 e. The van der Waals surface area contributed by atoms with E-state index in [1.807, 2.05) is 6.92 Å². The van der Waals surface area contributed by atoms with Gasteiger partial charge in [0.2, 0.25) is 0 Å². The Labute approximate surface area is 102 Å². The normalized spacial score (nSPS) is 17.2. The smallest absolute Gasteiger partial charge is 0.304 e. The highest BCUT2D eigenvalue weighted by Crippen LogP contribution is 2.53. The van der Waals surface area contributed by atoms with Crippen LogP contribution in [0.15, 0.2) is 16.6 Å². The number of carboxylic acid groups (broad SMARTS) is 1. The fourth-order valence-electron chi connectivity index (χ4n) is 2.26. The van der Waals surface area contributed by atoms with Crippen LogP contribution in [0.3, 0.4) is 0 Å². The van der Waals surface area contributed by atoms with Gasteiger partial charge in [-0.3, -0.25) is 4.79 Å². The molecule has 16 heavy (non-hydrogen) atoms. The molecule has 0 bridgehead atoms. The van der Waals surface area contributed by atoms with Crippen LogP contribution in [0.25, 0.3) is 0 Å². The monoisotopic (exact) mass is 286 g/mol. The predicted octanol–water partition coefficient (Wildman–Crippen LogP) is 3.40.